The highest BCUT2D eigenvalue weighted by Crippen LogP contribution is 2.22. The van der Waals surface area contributed by atoms with Gasteiger partial charge in [0.1, 0.15) is 0 Å². The van der Waals surface area contributed by atoms with Crippen molar-refractivity contribution in [3.05, 3.63) is 0 Å². The van der Waals surface area contributed by atoms with Gasteiger partial charge in [-0.3, -0.25) is 0 Å². The van der Waals surface area contributed by atoms with Gasteiger partial charge in [-0.05, 0) is 13.3 Å². The van der Waals surface area contributed by atoms with Crippen molar-refractivity contribution in [3.8, 4) is 0 Å². The Morgan fingerprint density at radius 3 is 2.67 bits per heavy atom. The largest absolute Gasteiger partial charge is 0.395 e. The van der Waals surface area contributed by atoms with Crippen LogP contribution in [0.4, 0.5) is 4.79 Å². The SMILES string of the molecule is CC1(NC(=O)NCCO)CCS(=O)(=O)C1. The summed E-state index contributed by atoms with van der Waals surface area (Å²) in [6.45, 7) is 1.73. The molecule has 1 heterocycles. The molecule has 0 spiro atoms. The van der Waals surface area contributed by atoms with Gasteiger partial charge < -0.3 is 15.7 Å². The van der Waals surface area contributed by atoms with Crippen molar-refractivity contribution in [1.29, 1.82) is 0 Å². The summed E-state index contributed by atoms with van der Waals surface area (Å²) >= 11 is 0. The van der Waals surface area contributed by atoms with Crippen LogP contribution in [0.3, 0.4) is 0 Å². The van der Waals surface area contributed by atoms with Crippen molar-refractivity contribution in [2.75, 3.05) is 24.7 Å². The van der Waals surface area contributed by atoms with Crippen molar-refractivity contribution in [3.63, 3.8) is 0 Å². The molecule has 1 rings (SSSR count). The number of amides is 2. The highest BCUT2D eigenvalue weighted by atomic mass is 32.2. The van der Waals surface area contributed by atoms with Gasteiger partial charge in [0.2, 0.25) is 0 Å². The molecule has 1 atom stereocenters. The Morgan fingerprint density at radius 1 is 1.53 bits per heavy atom. The number of sulfone groups is 1. The zero-order chi connectivity index (χ0) is 11.5. The Bertz CT molecular complexity index is 341. The molecule has 0 aromatic rings. The minimum Gasteiger partial charge on any atom is -0.395 e. The fraction of sp³-hybridized carbons (Fsp3) is 0.875. The summed E-state index contributed by atoms with van der Waals surface area (Å²) in [4.78, 5) is 11.2. The second-order valence-electron chi connectivity index (χ2n) is 4.01. The van der Waals surface area contributed by atoms with Gasteiger partial charge in [0.05, 0.1) is 23.7 Å². The maximum absolute atomic E-state index is 11.2. The monoisotopic (exact) mass is 236 g/mol. The lowest BCUT2D eigenvalue weighted by molar-refractivity contribution is 0.224. The van der Waals surface area contributed by atoms with E-state index in [2.05, 4.69) is 10.6 Å². The molecule has 1 saturated heterocycles. The van der Waals surface area contributed by atoms with Gasteiger partial charge in [-0.2, -0.15) is 0 Å². The number of carbonyl (C=O) groups excluding carboxylic acids is 1. The van der Waals surface area contributed by atoms with Crippen molar-refractivity contribution in [1.82, 2.24) is 10.6 Å². The third-order valence-corrected chi connectivity index (χ3v) is 4.22. The Kier molecular flexibility index (Phi) is 3.56. The Hall–Kier alpha value is -0.820. The first-order chi connectivity index (χ1) is 6.87. The van der Waals surface area contributed by atoms with Crippen LogP contribution in [-0.4, -0.2) is 49.8 Å². The number of hydrogen-bond acceptors (Lipinski definition) is 4. The predicted octanol–water partition coefficient (Wildman–Crippen LogP) is -1.14. The molecule has 3 N–H and O–H groups in total. The van der Waals surface area contributed by atoms with Crippen LogP contribution in [0.2, 0.25) is 0 Å². The van der Waals surface area contributed by atoms with Crippen LogP contribution in [0.1, 0.15) is 13.3 Å². The van der Waals surface area contributed by atoms with Gasteiger partial charge in [-0.1, -0.05) is 0 Å². The van der Waals surface area contributed by atoms with Crippen LogP contribution in [-0.2, 0) is 9.84 Å². The second-order valence-corrected chi connectivity index (χ2v) is 6.19. The zero-order valence-electron chi connectivity index (χ0n) is 8.62. The number of nitrogens with one attached hydrogen (secondary N) is 2. The maximum atomic E-state index is 11.2. The summed E-state index contributed by atoms with van der Waals surface area (Å²) in [5, 5.41) is 13.5. The molecule has 0 aromatic heterocycles. The van der Waals surface area contributed by atoms with Crippen LogP contribution < -0.4 is 10.6 Å². The quantitative estimate of drug-likeness (QED) is 0.577. The molecule has 6 nitrogen and oxygen atoms in total. The molecule has 7 heteroatoms. The van der Waals surface area contributed by atoms with E-state index in [1.807, 2.05) is 0 Å². The smallest absolute Gasteiger partial charge is 0.315 e. The predicted molar refractivity (Wildman–Crippen MR) is 55.3 cm³/mol. The second kappa shape index (κ2) is 4.36. The number of carbonyl (C=O) groups is 1. The van der Waals surface area contributed by atoms with E-state index in [1.165, 1.54) is 0 Å². The van der Waals surface area contributed by atoms with Crippen LogP contribution in [0.15, 0.2) is 0 Å². The third kappa shape index (κ3) is 3.67. The first kappa shape index (κ1) is 12.3. The molecule has 1 aliphatic rings. The normalized spacial score (nSPS) is 28.7. The summed E-state index contributed by atoms with van der Waals surface area (Å²) in [5.74, 6) is 0.0936. The van der Waals surface area contributed by atoms with E-state index in [0.29, 0.717) is 6.42 Å². The standard InChI is InChI=1S/C8H16N2O4S/c1-8(2-5-15(13,14)6-8)10-7(12)9-3-4-11/h11H,2-6H2,1H3,(H2,9,10,12). The molecule has 0 aromatic carbocycles. The summed E-state index contributed by atoms with van der Waals surface area (Å²) in [5.41, 5.74) is -0.682. The highest BCUT2D eigenvalue weighted by Gasteiger charge is 2.39. The topological polar surface area (TPSA) is 95.5 Å². The molecule has 88 valence electrons. The molecule has 0 radical (unpaired) electrons. The van der Waals surface area contributed by atoms with Crippen molar-refractivity contribution in [2.45, 2.75) is 18.9 Å². The summed E-state index contributed by atoms with van der Waals surface area (Å²) in [6.07, 6.45) is 0.432. The summed E-state index contributed by atoms with van der Waals surface area (Å²) in [6, 6.07) is -0.441. The number of hydrogen-bond donors (Lipinski definition) is 3. The average molecular weight is 236 g/mol. The van der Waals surface area contributed by atoms with E-state index in [9.17, 15) is 13.2 Å². The Labute approximate surface area is 89.0 Å². The molecule has 1 aliphatic heterocycles. The molecule has 0 saturated carbocycles. The molecule has 1 unspecified atom stereocenters. The van der Waals surface area contributed by atoms with E-state index in [1.54, 1.807) is 6.92 Å². The maximum Gasteiger partial charge on any atom is 0.315 e. The van der Waals surface area contributed by atoms with Crippen molar-refractivity contribution in [2.24, 2.45) is 0 Å². The van der Waals surface area contributed by atoms with Crippen molar-refractivity contribution < 1.29 is 18.3 Å². The lowest BCUT2D eigenvalue weighted by atomic mass is 10.0. The minimum absolute atomic E-state index is 0.0213. The van der Waals surface area contributed by atoms with E-state index < -0.39 is 21.4 Å². The van der Waals surface area contributed by atoms with E-state index in [4.69, 9.17) is 5.11 Å². The van der Waals surface area contributed by atoms with Gasteiger partial charge in [0, 0.05) is 6.54 Å². The summed E-state index contributed by atoms with van der Waals surface area (Å²) < 4.78 is 22.5. The van der Waals surface area contributed by atoms with E-state index >= 15 is 0 Å². The lowest BCUT2D eigenvalue weighted by Gasteiger charge is -2.23. The van der Waals surface area contributed by atoms with Crippen LogP contribution in [0.25, 0.3) is 0 Å². The van der Waals surface area contributed by atoms with Gasteiger partial charge in [-0.25, -0.2) is 13.2 Å². The van der Waals surface area contributed by atoms with Gasteiger partial charge in [0.25, 0.3) is 0 Å². The lowest BCUT2D eigenvalue weighted by Crippen LogP contribution is -2.51. The van der Waals surface area contributed by atoms with E-state index in [0.717, 1.165) is 0 Å². The fourth-order valence-corrected chi connectivity index (χ4v) is 3.69. The van der Waals surface area contributed by atoms with Crippen molar-refractivity contribution >= 4 is 15.9 Å². The fourth-order valence-electron chi connectivity index (χ4n) is 1.60. The number of aliphatic hydroxyl groups excluding tert-OH is 1. The minimum atomic E-state index is -3.01. The molecular formula is C8H16N2O4S. The van der Waals surface area contributed by atoms with Gasteiger partial charge in [-0.15, -0.1) is 0 Å². The first-order valence-corrected chi connectivity index (χ1v) is 6.56. The Morgan fingerprint density at radius 2 is 2.20 bits per heavy atom. The molecule has 0 aliphatic carbocycles. The number of rotatable bonds is 3. The molecular weight excluding hydrogens is 220 g/mol. The Balaban J connectivity index is 2.48. The molecule has 2 amide bonds. The third-order valence-electron chi connectivity index (χ3n) is 2.32. The zero-order valence-corrected chi connectivity index (χ0v) is 9.43. The summed E-state index contributed by atoms with van der Waals surface area (Å²) in [7, 11) is -3.01. The van der Waals surface area contributed by atoms with Crippen LogP contribution in [0, 0.1) is 0 Å². The number of aliphatic hydroxyl groups is 1. The van der Waals surface area contributed by atoms with Gasteiger partial charge in [0.15, 0.2) is 9.84 Å². The molecule has 15 heavy (non-hydrogen) atoms. The van der Waals surface area contributed by atoms with Crippen LogP contribution in [0.5, 0.6) is 0 Å². The number of urea groups is 1. The molecule has 1 fully saturated rings. The average Bonchev–Trinajstić information content (AvgIpc) is 2.37. The van der Waals surface area contributed by atoms with Gasteiger partial charge >= 0.3 is 6.03 Å². The molecule has 0 bridgehead atoms. The highest BCUT2D eigenvalue weighted by molar-refractivity contribution is 7.91. The van der Waals surface area contributed by atoms with Crippen LogP contribution >= 0.6 is 0 Å². The van der Waals surface area contributed by atoms with E-state index in [-0.39, 0.29) is 24.7 Å². The first-order valence-electron chi connectivity index (χ1n) is 4.74.